The van der Waals surface area contributed by atoms with Crippen LogP contribution in [0.3, 0.4) is 0 Å². The minimum atomic E-state index is -4.05. The average Bonchev–Trinajstić information content (AvgIpc) is 2.29. The number of aromatic amines is 1. The molecule has 0 bridgehead atoms. The third kappa shape index (κ3) is 3.41. The summed E-state index contributed by atoms with van der Waals surface area (Å²) in [6, 6.07) is 0.0263. The van der Waals surface area contributed by atoms with E-state index < -0.39 is 32.4 Å². The Bertz CT molecular complexity index is 578. The minimum absolute atomic E-state index is 0.150. The van der Waals surface area contributed by atoms with E-state index in [-0.39, 0.29) is 6.61 Å². The number of H-pyrrole nitrogens is 1. The van der Waals surface area contributed by atoms with Gasteiger partial charge in [-0.2, -0.15) is 4.72 Å². The van der Waals surface area contributed by atoms with Gasteiger partial charge in [-0.3, -0.25) is 9.59 Å². The number of hydrogen-bond donors (Lipinski definition) is 2. The lowest BCUT2D eigenvalue weighted by Crippen LogP contribution is -2.40. The van der Waals surface area contributed by atoms with Crippen molar-refractivity contribution in [2.45, 2.75) is 24.8 Å². The van der Waals surface area contributed by atoms with Crippen LogP contribution in [0, 0.1) is 0 Å². The van der Waals surface area contributed by atoms with E-state index in [1.807, 2.05) is 0 Å². The van der Waals surface area contributed by atoms with E-state index in [9.17, 15) is 18.0 Å². The fraction of sp³-hybridized carbons (Fsp3) is 0.400. The van der Waals surface area contributed by atoms with Crippen LogP contribution in [0.15, 0.2) is 28.2 Å². The zero-order valence-corrected chi connectivity index (χ0v) is 10.8. The lowest BCUT2D eigenvalue weighted by Gasteiger charge is -2.12. The molecule has 1 atom stereocenters. The van der Waals surface area contributed by atoms with Gasteiger partial charge in [0.05, 0.1) is 6.61 Å². The number of carbonyl (C=O) groups is 1. The lowest BCUT2D eigenvalue weighted by atomic mass is 10.4. The van der Waals surface area contributed by atoms with E-state index in [1.165, 1.54) is 13.1 Å². The highest BCUT2D eigenvalue weighted by atomic mass is 32.2. The third-order valence-corrected chi connectivity index (χ3v) is 3.61. The van der Waals surface area contributed by atoms with Crippen molar-refractivity contribution < 1.29 is 17.9 Å². The summed E-state index contributed by atoms with van der Waals surface area (Å²) < 4.78 is 30.4. The Kier molecular flexibility index (Phi) is 4.62. The first-order valence-corrected chi connectivity index (χ1v) is 6.73. The van der Waals surface area contributed by atoms with Crippen LogP contribution in [0.5, 0.6) is 0 Å². The van der Waals surface area contributed by atoms with Gasteiger partial charge < -0.3 is 9.72 Å². The van der Waals surface area contributed by atoms with Crippen LogP contribution in [0.4, 0.5) is 0 Å². The van der Waals surface area contributed by atoms with Gasteiger partial charge in [0, 0.05) is 18.5 Å². The summed E-state index contributed by atoms with van der Waals surface area (Å²) in [5.41, 5.74) is -0.655. The first-order chi connectivity index (χ1) is 8.38. The van der Waals surface area contributed by atoms with Crippen LogP contribution in [0.25, 0.3) is 0 Å². The molecule has 7 nitrogen and oxygen atoms in total. The Balaban J connectivity index is 2.93. The molecule has 0 amide bonds. The van der Waals surface area contributed by atoms with Crippen LogP contribution in [-0.4, -0.2) is 32.0 Å². The van der Waals surface area contributed by atoms with E-state index in [1.54, 1.807) is 6.92 Å². The molecule has 0 aliphatic carbocycles. The zero-order chi connectivity index (χ0) is 13.8. The summed E-state index contributed by atoms with van der Waals surface area (Å²) in [7, 11) is -4.05. The Morgan fingerprint density at radius 3 is 2.78 bits per heavy atom. The zero-order valence-electron chi connectivity index (χ0n) is 9.97. The van der Waals surface area contributed by atoms with Crippen molar-refractivity contribution in [2.24, 2.45) is 0 Å². The van der Waals surface area contributed by atoms with E-state index in [0.29, 0.717) is 0 Å². The molecule has 100 valence electrons. The average molecular weight is 274 g/mol. The Morgan fingerprint density at radius 1 is 1.56 bits per heavy atom. The van der Waals surface area contributed by atoms with Crippen molar-refractivity contribution in [1.29, 1.82) is 0 Å². The van der Waals surface area contributed by atoms with Crippen molar-refractivity contribution >= 4 is 16.0 Å². The van der Waals surface area contributed by atoms with Gasteiger partial charge in [-0.25, -0.2) is 8.42 Å². The maximum absolute atomic E-state index is 11.8. The van der Waals surface area contributed by atoms with E-state index in [2.05, 4.69) is 14.4 Å². The highest BCUT2D eigenvalue weighted by Crippen LogP contribution is 2.02. The predicted molar refractivity (Wildman–Crippen MR) is 63.5 cm³/mol. The maximum atomic E-state index is 11.8. The number of nitrogens with one attached hydrogen (secondary N) is 2. The summed E-state index contributed by atoms with van der Waals surface area (Å²) in [5.74, 6) is -0.701. The fourth-order valence-corrected chi connectivity index (χ4v) is 2.47. The highest BCUT2D eigenvalue weighted by Gasteiger charge is 2.24. The molecule has 0 saturated carbocycles. The number of rotatable bonds is 5. The van der Waals surface area contributed by atoms with Gasteiger partial charge in [-0.1, -0.05) is 0 Å². The molecule has 0 spiro atoms. The maximum Gasteiger partial charge on any atom is 0.323 e. The Hall–Kier alpha value is -1.67. The second-order valence-electron chi connectivity index (χ2n) is 3.47. The van der Waals surface area contributed by atoms with Crippen LogP contribution < -0.4 is 10.2 Å². The molecule has 0 aliphatic rings. The van der Waals surface area contributed by atoms with Crippen molar-refractivity contribution in [3.05, 3.63) is 28.7 Å². The van der Waals surface area contributed by atoms with Gasteiger partial charge in [0.25, 0.3) is 0 Å². The van der Waals surface area contributed by atoms with Crippen molar-refractivity contribution in [1.82, 2.24) is 9.71 Å². The van der Waals surface area contributed by atoms with Gasteiger partial charge in [0.2, 0.25) is 15.5 Å². The molecular formula is C10H14N2O5S. The van der Waals surface area contributed by atoms with Gasteiger partial charge >= 0.3 is 5.97 Å². The number of pyridine rings is 1. The van der Waals surface area contributed by atoms with Crippen molar-refractivity contribution in [3.63, 3.8) is 0 Å². The largest absolute Gasteiger partial charge is 0.465 e. The Morgan fingerprint density at radius 2 is 2.22 bits per heavy atom. The SMILES string of the molecule is CCOC(=O)C(C)NS(=O)(=O)c1c[nH]ccc1=O. The number of esters is 1. The second kappa shape index (κ2) is 5.78. The first kappa shape index (κ1) is 14.4. The predicted octanol–water partition coefficient (Wildman–Crippen LogP) is -0.395. The number of sulfonamides is 1. The van der Waals surface area contributed by atoms with Crippen LogP contribution in [0.2, 0.25) is 0 Å². The molecule has 0 radical (unpaired) electrons. The molecule has 8 heteroatoms. The lowest BCUT2D eigenvalue weighted by molar-refractivity contribution is -0.144. The van der Waals surface area contributed by atoms with Gasteiger partial charge in [0.15, 0.2) is 0 Å². The molecule has 1 aromatic heterocycles. The fourth-order valence-electron chi connectivity index (χ4n) is 1.22. The van der Waals surface area contributed by atoms with E-state index >= 15 is 0 Å². The summed E-state index contributed by atoms with van der Waals surface area (Å²) in [4.78, 5) is 24.7. The van der Waals surface area contributed by atoms with Crippen LogP contribution in [0.1, 0.15) is 13.8 Å². The summed E-state index contributed by atoms with van der Waals surface area (Å²) >= 11 is 0. The second-order valence-corrected chi connectivity index (χ2v) is 5.15. The molecule has 0 fully saturated rings. The van der Waals surface area contributed by atoms with Crippen LogP contribution in [-0.2, 0) is 19.6 Å². The molecule has 0 aromatic carbocycles. The Labute approximate surface area is 104 Å². The van der Waals surface area contributed by atoms with Crippen molar-refractivity contribution in [2.75, 3.05) is 6.61 Å². The van der Waals surface area contributed by atoms with Gasteiger partial charge in [-0.05, 0) is 13.8 Å². The van der Waals surface area contributed by atoms with Crippen LogP contribution >= 0.6 is 0 Å². The highest BCUT2D eigenvalue weighted by molar-refractivity contribution is 7.89. The molecule has 18 heavy (non-hydrogen) atoms. The number of aromatic nitrogens is 1. The molecule has 0 aliphatic heterocycles. The van der Waals surface area contributed by atoms with E-state index in [4.69, 9.17) is 0 Å². The van der Waals surface area contributed by atoms with Gasteiger partial charge in [0.1, 0.15) is 10.9 Å². The summed E-state index contributed by atoms with van der Waals surface area (Å²) in [6.07, 6.45) is 2.37. The molecule has 1 heterocycles. The first-order valence-electron chi connectivity index (χ1n) is 5.24. The number of carbonyl (C=O) groups excluding carboxylic acids is 1. The topological polar surface area (TPSA) is 105 Å². The monoisotopic (exact) mass is 274 g/mol. The number of hydrogen-bond acceptors (Lipinski definition) is 5. The molecule has 1 rings (SSSR count). The number of ether oxygens (including phenoxy) is 1. The smallest absolute Gasteiger partial charge is 0.323 e. The molecule has 1 unspecified atom stereocenters. The standard InChI is InChI=1S/C10H14N2O5S/c1-3-17-10(14)7(2)12-18(15,16)9-6-11-5-4-8(9)13/h4-7,12H,3H2,1-2H3,(H,11,13). The van der Waals surface area contributed by atoms with E-state index in [0.717, 1.165) is 12.3 Å². The summed E-state index contributed by atoms with van der Waals surface area (Å²) in [6.45, 7) is 3.10. The molecular weight excluding hydrogens is 260 g/mol. The minimum Gasteiger partial charge on any atom is -0.465 e. The third-order valence-electron chi connectivity index (χ3n) is 2.05. The molecule has 2 N–H and O–H groups in total. The van der Waals surface area contributed by atoms with Gasteiger partial charge in [-0.15, -0.1) is 0 Å². The quantitative estimate of drug-likeness (QED) is 0.711. The molecule has 1 aromatic rings. The van der Waals surface area contributed by atoms with Crippen molar-refractivity contribution in [3.8, 4) is 0 Å². The summed E-state index contributed by atoms with van der Waals surface area (Å²) in [5, 5.41) is 0. The molecule has 0 saturated heterocycles. The normalized spacial score (nSPS) is 13.0.